The van der Waals surface area contributed by atoms with Crippen molar-refractivity contribution >= 4 is 129 Å². The van der Waals surface area contributed by atoms with Crippen LogP contribution in [0.15, 0.2) is 196 Å². The second kappa shape index (κ2) is 23.2. The zero-order valence-corrected chi connectivity index (χ0v) is 44.3. The summed E-state index contributed by atoms with van der Waals surface area (Å²) in [7, 11) is 1.00. The van der Waals surface area contributed by atoms with Gasteiger partial charge in [0.15, 0.2) is 0 Å². The lowest BCUT2D eigenvalue weighted by Gasteiger charge is -2.07. The Morgan fingerprint density at radius 3 is 1.37 bits per heavy atom. The first-order chi connectivity index (χ1) is 33.1. The highest BCUT2D eigenvalue weighted by atomic mass is 79.9. The minimum Gasteiger partial charge on any atom is -0.508 e. The standard InChI is InChI=1S/C18H13BrN2.C18H14N2O.C12H8BrN.C6H6BrN.CH3Br.CH4O/c1-12-8-9-20-18(10-12)21-16-5-3-2-4-14(16)15-7-6-13(19)11-17(15)21;1-12-8-9-19-18(10-12)20-16-5-3-2-4-14(16)15-7-6-13(21)11-17(15)20;13-8-5-6-10-9-3-1-2-4-11(9)14-12(10)7-8;1-5-2-3-8-6(7)4-5;2*1-2/h2-11H,1H3;2-11,21H,1H3;1-7,14H;2-4H,1H3;1H3;2H,1H3. The van der Waals surface area contributed by atoms with Gasteiger partial charge in [0.1, 0.15) is 22.0 Å². The van der Waals surface area contributed by atoms with Crippen LogP contribution in [0.2, 0.25) is 0 Å². The molecule has 12 heteroatoms. The van der Waals surface area contributed by atoms with Crippen molar-refractivity contribution in [1.29, 1.82) is 0 Å². The predicted molar refractivity (Wildman–Crippen MR) is 299 cm³/mol. The van der Waals surface area contributed by atoms with E-state index in [0.29, 0.717) is 0 Å². The highest BCUT2D eigenvalue weighted by Gasteiger charge is 2.14. The third kappa shape index (κ3) is 11.2. The van der Waals surface area contributed by atoms with Crippen LogP contribution in [0, 0.1) is 20.8 Å². The number of para-hydroxylation sites is 3. The van der Waals surface area contributed by atoms with Gasteiger partial charge < -0.3 is 15.2 Å². The molecular weight excluding hydrogens is 1110 g/mol. The lowest BCUT2D eigenvalue weighted by atomic mass is 10.1. The number of pyridine rings is 3. The summed E-state index contributed by atoms with van der Waals surface area (Å²) in [4.78, 5) is 16.4. The molecule has 0 aliphatic carbocycles. The summed E-state index contributed by atoms with van der Waals surface area (Å²) in [5.74, 6) is 3.90. The fourth-order valence-corrected chi connectivity index (χ4v) is 9.20. The smallest absolute Gasteiger partial charge is 0.137 e. The Kier molecular flexibility index (Phi) is 17.0. The summed E-state index contributed by atoms with van der Waals surface area (Å²) >= 11 is 13.2. The van der Waals surface area contributed by atoms with E-state index in [-0.39, 0.29) is 5.75 Å². The summed E-state index contributed by atoms with van der Waals surface area (Å²) in [6.07, 6.45) is 5.46. The van der Waals surface area contributed by atoms with E-state index in [0.717, 1.165) is 59.7 Å². The van der Waals surface area contributed by atoms with Gasteiger partial charge in [0.2, 0.25) is 0 Å². The Bertz CT molecular complexity index is 3460. The molecule has 6 aromatic heterocycles. The van der Waals surface area contributed by atoms with Gasteiger partial charge in [-0.2, -0.15) is 0 Å². The van der Waals surface area contributed by atoms with Gasteiger partial charge in [-0.05, 0) is 150 Å². The highest BCUT2D eigenvalue weighted by Crippen LogP contribution is 2.35. The maximum Gasteiger partial charge on any atom is 0.137 e. The van der Waals surface area contributed by atoms with Crippen molar-refractivity contribution in [3.63, 3.8) is 0 Å². The number of rotatable bonds is 2. The lowest BCUT2D eigenvalue weighted by molar-refractivity contribution is 0.399. The molecule has 342 valence electrons. The Morgan fingerprint density at radius 2 is 0.838 bits per heavy atom. The van der Waals surface area contributed by atoms with E-state index in [2.05, 4.69) is 210 Å². The van der Waals surface area contributed by atoms with Crippen molar-refractivity contribution in [1.82, 2.24) is 29.1 Å². The number of aliphatic hydroxyl groups is 1. The van der Waals surface area contributed by atoms with Crippen LogP contribution in [-0.2, 0) is 0 Å². The first-order valence-corrected chi connectivity index (χ1v) is 25.4. The molecule has 0 aliphatic heterocycles. The SMILES string of the molecule is Brc1ccc2c(c1)[nH]c1ccccc12.CBr.CO.Cc1ccnc(-n2c3ccccc3c3ccc(Br)cc32)c1.Cc1ccnc(-n2c3ccccc3c3ccc(O)cc32)c1.Cc1ccnc(Br)c1. The molecule has 3 N–H and O–H groups in total. The predicted octanol–water partition coefficient (Wildman–Crippen LogP) is 16.3. The van der Waals surface area contributed by atoms with Gasteiger partial charge in [0, 0.05) is 84.1 Å². The third-order valence-corrected chi connectivity index (χ3v) is 12.3. The number of aryl methyl sites for hydroxylation is 3. The maximum atomic E-state index is 9.85. The molecule has 0 aliphatic rings. The van der Waals surface area contributed by atoms with Crippen molar-refractivity contribution in [3.05, 3.63) is 213 Å². The number of phenols is 1. The van der Waals surface area contributed by atoms with E-state index in [9.17, 15) is 5.11 Å². The van der Waals surface area contributed by atoms with Crippen LogP contribution in [0.3, 0.4) is 0 Å². The number of halogens is 4. The van der Waals surface area contributed by atoms with E-state index in [4.69, 9.17) is 5.11 Å². The summed E-state index contributed by atoms with van der Waals surface area (Å²) in [6.45, 7) is 6.18. The number of alkyl halides is 1. The molecule has 0 amide bonds. The molecule has 12 aromatic rings. The first kappa shape index (κ1) is 49.7. The Hall–Kier alpha value is -6.15. The fourth-order valence-electron chi connectivity index (χ4n) is 8.01. The summed E-state index contributed by atoms with van der Waals surface area (Å²) in [5, 5.41) is 24.2. The van der Waals surface area contributed by atoms with Crippen LogP contribution in [-0.4, -0.2) is 52.2 Å². The number of hydrogen-bond donors (Lipinski definition) is 3. The minimum absolute atomic E-state index is 0.263. The number of hydrogen-bond acceptors (Lipinski definition) is 5. The van der Waals surface area contributed by atoms with E-state index >= 15 is 0 Å². The zero-order chi connectivity index (χ0) is 48.3. The second-order valence-electron chi connectivity index (χ2n) is 15.5. The number of aromatic amines is 1. The number of aromatic hydroxyl groups is 1. The summed E-state index contributed by atoms with van der Waals surface area (Å²) in [6, 6.07) is 55.3. The average Bonchev–Trinajstić information content (AvgIpc) is 4.00. The van der Waals surface area contributed by atoms with Gasteiger partial charge in [-0.1, -0.05) is 115 Å². The number of aromatic nitrogens is 6. The van der Waals surface area contributed by atoms with Crippen LogP contribution >= 0.6 is 63.7 Å². The molecule has 0 spiro atoms. The van der Waals surface area contributed by atoms with Crippen molar-refractivity contribution in [3.8, 4) is 17.4 Å². The molecular formula is C56H48Br4N6O2. The lowest BCUT2D eigenvalue weighted by Crippen LogP contribution is -1.97. The molecule has 6 aromatic carbocycles. The first-order valence-electron chi connectivity index (χ1n) is 21.4. The molecule has 12 rings (SSSR count). The van der Waals surface area contributed by atoms with Gasteiger partial charge in [0.25, 0.3) is 0 Å². The Morgan fingerprint density at radius 1 is 0.412 bits per heavy atom. The van der Waals surface area contributed by atoms with Crippen LogP contribution in [0.5, 0.6) is 5.75 Å². The fraction of sp³-hybridized carbons (Fsp3) is 0.0893. The topological polar surface area (TPSA) is 105 Å². The summed E-state index contributed by atoms with van der Waals surface area (Å²) in [5.41, 5.74) is 10.4. The maximum absolute atomic E-state index is 9.85. The van der Waals surface area contributed by atoms with Crippen LogP contribution in [0.4, 0.5) is 0 Å². The number of benzene rings is 6. The van der Waals surface area contributed by atoms with Crippen LogP contribution in [0.25, 0.3) is 77.1 Å². The highest BCUT2D eigenvalue weighted by molar-refractivity contribution is 9.11. The van der Waals surface area contributed by atoms with Crippen molar-refractivity contribution in [2.75, 3.05) is 12.9 Å². The summed E-state index contributed by atoms with van der Waals surface area (Å²) < 4.78 is 7.40. The van der Waals surface area contributed by atoms with Gasteiger partial charge in [0.05, 0.1) is 22.1 Å². The number of aliphatic hydroxyl groups excluding tert-OH is 1. The molecule has 0 unspecified atom stereocenters. The number of H-pyrrole nitrogens is 1. The minimum atomic E-state index is 0.263. The molecule has 0 atom stereocenters. The van der Waals surface area contributed by atoms with E-state index in [1.807, 2.05) is 73.7 Å². The second-order valence-corrected chi connectivity index (χ2v) is 18.1. The van der Waals surface area contributed by atoms with Crippen molar-refractivity contribution in [2.45, 2.75) is 20.8 Å². The normalized spacial score (nSPS) is 10.6. The zero-order valence-electron chi connectivity index (χ0n) is 38.0. The van der Waals surface area contributed by atoms with Crippen LogP contribution < -0.4 is 0 Å². The third-order valence-electron chi connectivity index (χ3n) is 10.9. The largest absolute Gasteiger partial charge is 0.508 e. The number of nitrogens with zero attached hydrogens (tertiary/aromatic N) is 5. The van der Waals surface area contributed by atoms with E-state index in [1.54, 1.807) is 18.3 Å². The molecule has 8 nitrogen and oxygen atoms in total. The Labute approximate surface area is 428 Å². The molecule has 0 radical (unpaired) electrons. The van der Waals surface area contributed by atoms with Crippen molar-refractivity contribution < 1.29 is 10.2 Å². The quantitative estimate of drug-likeness (QED) is 0.118. The number of phenolic OH excluding ortho intramolecular Hbond substituents is 1. The average molecular weight is 1160 g/mol. The number of nitrogens with one attached hydrogen (secondary N) is 1. The molecule has 0 bridgehead atoms. The molecule has 6 heterocycles. The van der Waals surface area contributed by atoms with E-state index < -0.39 is 0 Å². The van der Waals surface area contributed by atoms with Gasteiger partial charge in [-0.25, -0.2) is 15.0 Å². The van der Waals surface area contributed by atoms with E-state index in [1.165, 1.54) is 54.7 Å². The van der Waals surface area contributed by atoms with Gasteiger partial charge in [-0.3, -0.25) is 9.13 Å². The van der Waals surface area contributed by atoms with Crippen LogP contribution in [0.1, 0.15) is 16.7 Å². The molecule has 0 saturated carbocycles. The van der Waals surface area contributed by atoms with Crippen molar-refractivity contribution in [2.24, 2.45) is 0 Å². The monoisotopic (exact) mass is 1150 g/mol. The molecule has 0 fully saturated rings. The van der Waals surface area contributed by atoms with Gasteiger partial charge >= 0.3 is 0 Å². The molecule has 68 heavy (non-hydrogen) atoms. The Balaban J connectivity index is 0.000000137. The number of fused-ring (bicyclic) bond motifs is 9. The van der Waals surface area contributed by atoms with Gasteiger partial charge in [-0.15, -0.1) is 0 Å². The molecule has 0 saturated heterocycles.